The molecule has 1 saturated carbocycles. The summed E-state index contributed by atoms with van der Waals surface area (Å²) < 4.78 is 0. The number of rotatable bonds is 2. The fraction of sp³-hybridized carbons (Fsp3) is 0.455. The van der Waals surface area contributed by atoms with Gasteiger partial charge in [-0.15, -0.1) is 0 Å². The monoisotopic (exact) mass is 177 g/mol. The minimum absolute atomic E-state index is 0.323. The highest BCUT2D eigenvalue weighted by atomic mass is 16.3. The van der Waals surface area contributed by atoms with Crippen molar-refractivity contribution in [3.8, 4) is 5.75 Å². The molecule has 3 N–H and O–H groups in total. The Balaban J connectivity index is 2.13. The third-order valence-electron chi connectivity index (χ3n) is 2.86. The van der Waals surface area contributed by atoms with E-state index in [-0.39, 0.29) is 0 Å². The number of phenols is 1. The smallest absolute Gasteiger partial charge is 0.116 e. The maximum atomic E-state index is 9.29. The van der Waals surface area contributed by atoms with E-state index in [1.54, 1.807) is 18.2 Å². The molecule has 2 nitrogen and oxygen atoms in total. The second-order valence-electron chi connectivity index (χ2n) is 3.88. The number of nitrogens with two attached hydrogens (primary N) is 1. The summed E-state index contributed by atoms with van der Waals surface area (Å²) in [7, 11) is 0. The average Bonchev–Trinajstić information content (AvgIpc) is 2.03. The second-order valence-corrected chi connectivity index (χ2v) is 3.88. The van der Waals surface area contributed by atoms with Crippen LogP contribution in [0.1, 0.15) is 24.8 Å². The van der Waals surface area contributed by atoms with Crippen molar-refractivity contribution in [2.24, 2.45) is 5.92 Å². The van der Waals surface area contributed by atoms with E-state index in [1.165, 1.54) is 19.3 Å². The molecule has 0 bridgehead atoms. The molecule has 0 radical (unpaired) electrons. The van der Waals surface area contributed by atoms with Gasteiger partial charge in [0, 0.05) is 5.69 Å². The number of phenolic OH excluding ortho intramolecular Hbond substituents is 1. The molecule has 0 aliphatic heterocycles. The van der Waals surface area contributed by atoms with Gasteiger partial charge in [0.05, 0.1) is 0 Å². The van der Waals surface area contributed by atoms with Gasteiger partial charge in [-0.3, -0.25) is 0 Å². The first-order valence-corrected chi connectivity index (χ1v) is 4.83. The van der Waals surface area contributed by atoms with Gasteiger partial charge in [-0.05, 0) is 36.1 Å². The number of anilines is 1. The van der Waals surface area contributed by atoms with Crippen molar-refractivity contribution >= 4 is 5.69 Å². The minimum Gasteiger partial charge on any atom is -0.508 e. The van der Waals surface area contributed by atoms with Gasteiger partial charge < -0.3 is 10.8 Å². The molecule has 0 saturated heterocycles. The van der Waals surface area contributed by atoms with Crippen LogP contribution in [-0.2, 0) is 6.42 Å². The van der Waals surface area contributed by atoms with Crippen LogP contribution in [0.4, 0.5) is 5.69 Å². The molecule has 2 rings (SSSR count). The number of hydrogen-bond donors (Lipinski definition) is 2. The molecule has 2 heteroatoms. The largest absolute Gasteiger partial charge is 0.508 e. The van der Waals surface area contributed by atoms with Crippen molar-refractivity contribution < 1.29 is 5.11 Å². The summed E-state index contributed by atoms with van der Waals surface area (Å²) in [6.07, 6.45) is 5.01. The van der Waals surface area contributed by atoms with Crippen LogP contribution >= 0.6 is 0 Å². The zero-order valence-corrected chi connectivity index (χ0v) is 7.66. The van der Waals surface area contributed by atoms with Crippen LogP contribution < -0.4 is 5.73 Å². The molecule has 1 aliphatic carbocycles. The van der Waals surface area contributed by atoms with Gasteiger partial charge in [0.15, 0.2) is 0 Å². The molecule has 0 aromatic heterocycles. The molecule has 0 atom stereocenters. The Morgan fingerprint density at radius 1 is 1.38 bits per heavy atom. The molecule has 1 fully saturated rings. The Labute approximate surface area is 78.4 Å². The number of aromatic hydroxyl groups is 1. The molecule has 1 aromatic rings. The molecule has 1 aliphatic rings. The van der Waals surface area contributed by atoms with Crippen LogP contribution in [0.15, 0.2) is 18.2 Å². The van der Waals surface area contributed by atoms with E-state index < -0.39 is 0 Å². The van der Waals surface area contributed by atoms with Gasteiger partial charge in [0.1, 0.15) is 5.75 Å². The molecular formula is C11H15NO. The molecular weight excluding hydrogens is 162 g/mol. The lowest BCUT2D eigenvalue weighted by molar-refractivity contribution is 0.314. The summed E-state index contributed by atoms with van der Waals surface area (Å²) in [5, 5.41) is 9.29. The Bertz CT molecular complexity index is 305. The Morgan fingerprint density at radius 3 is 2.77 bits per heavy atom. The highest BCUT2D eigenvalue weighted by Crippen LogP contribution is 2.32. The predicted octanol–water partition coefficient (Wildman–Crippen LogP) is 2.32. The van der Waals surface area contributed by atoms with Crippen LogP contribution in [0.3, 0.4) is 0 Å². The Kier molecular flexibility index (Phi) is 2.13. The number of hydrogen-bond acceptors (Lipinski definition) is 2. The van der Waals surface area contributed by atoms with Crippen molar-refractivity contribution in [1.29, 1.82) is 0 Å². The van der Waals surface area contributed by atoms with Gasteiger partial charge in [-0.1, -0.05) is 19.3 Å². The molecule has 13 heavy (non-hydrogen) atoms. The molecule has 0 spiro atoms. The first-order valence-electron chi connectivity index (χ1n) is 4.83. The van der Waals surface area contributed by atoms with E-state index in [4.69, 9.17) is 5.73 Å². The van der Waals surface area contributed by atoms with Crippen molar-refractivity contribution in [2.45, 2.75) is 25.7 Å². The van der Waals surface area contributed by atoms with Crippen molar-refractivity contribution in [1.82, 2.24) is 0 Å². The SMILES string of the molecule is Nc1ccc(O)cc1CC1CCC1. The maximum Gasteiger partial charge on any atom is 0.116 e. The van der Waals surface area contributed by atoms with Gasteiger partial charge in [-0.25, -0.2) is 0 Å². The summed E-state index contributed by atoms with van der Waals surface area (Å²) in [5.41, 5.74) is 7.72. The van der Waals surface area contributed by atoms with Crippen LogP contribution in [0.5, 0.6) is 5.75 Å². The Morgan fingerprint density at radius 2 is 2.15 bits per heavy atom. The zero-order chi connectivity index (χ0) is 9.26. The lowest BCUT2D eigenvalue weighted by Gasteiger charge is -2.25. The van der Waals surface area contributed by atoms with E-state index in [2.05, 4.69) is 0 Å². The molecule has 0 amide bonds. The van der Waals surface area contributed by atoms with Crippen LogP contribution in [0.25, 0.3) is 0 Å². The van der Waals surface area contributed by atoms with Crippen LogP contribution in [0.2, 0.25) is 0 Å². The lowest BCUT2D eigenvalue weighted by Crippen LogP contribution is -2.14. The fourth-order valence-electron chi connectivity index (χ4n) is 1.78. The van der Waals surface area contributed by atoms with E-state index in [0.717, 1.165) is 23.6 Å². The number of nitrogen functional groups attached to an aromatic ring is 1. The predicted molar refractivity (Wildman–Crippen MR) is 53.6 cm³/mol. The number of benzene rings is 1. The van der Waals surface area contributed by atoms with Crippen molar-refractivity contribution in [2.75, 3.05) is 5.73 Å². The van der Waals surface area contributed by atoms with Crippen molar-refractivity contribution in [3.05, 3.63) is 23.8 Å². The van der Waals surface area contributed by atoms with E-state index in [9.17, 15) is 5.11 Å². The molecule has 70 valence electrons. The standard InChI is InChI=1S/C11H15NO/c12-11-5-4-10(13)7-9(11)6-8-2-1-3-8/h4-5,7-8,13H,1-3,6,12H2. The highest BCUT2D eigenvalue weighted by Gasteiger charge is 2.18. The second kappa shape index (κ2) is 3.29. The summed E-state index contributed by atoms with van der Waals surface area (Å²) in [6.45, 7) is 0. The topological polar surface area (TPSA) is 46.2 Å². The van der Waals surface area contributed by atoms with Gasteiger partial charge in [0.2, 0.25) is 0 Å². The fourth-order valence-corrected chi connectivity index (χ4v) is 1.78. The summed E-state index contributed by atoms with van der Waals surface area (Å²) >= 11 is 0. The quantitative estimate of drug-likeness (QED) is 0.538. The summed E-state index contributed by atoms with van der Waals surface area (Å²) in [6, 6.07) is 5.20. The first kappa shape index (κ1) is 8.42. The van der Waals surface area contributed by atoms with Gasteiger partial charge in [0.25, 0.3) is 0 Å². The molecule has 1 aromatic carbocycles. The van der Waals surface area contributed by atoms with E-state index in [1.807, 2.05) is 0 Å². The first-order chi connectivity index (χ1) is 6.25. The third-order valence-corrected chi connectivity index (χ3v) is 2.86. The van der Waals surface area contributed by atoms with Gasteiger partial charge in [-0.2, -0.15) is 0 Å². The maximum absolute atomic E-state index is 9.29. The lowest BCUT2D eigenvalue weighted by atomic mass is 9.80. The third kappa shape index (κ3) is 1.77. The molecule has 0 unspecified atom stereocenters. The van der Waals surface area contributed by atoms with Gasteiger partial charge >= 0.3 is 0 Å². The summed E-state index contributed by atoms with van der Waals surface area (Å²) in [5.74, 6) is 1.12. The average molecular weight is 177 g/mol. The highest BCUT2D eigenvalue weighted by molar-refractivity contribution is 5.50. The summed E-state index contributed by atoms with van der Waals surface area (Å²) in [4.78, 5) is 0. The van der Waals surface area contributed by atoms with Crippen LogP contribution in [0, 0.1) is 5.92 Å². The minimum atomic E-state index is 0.323. The van der Waals surface area contributed by atoms with E-state index >= 15 is 0 Å². The molecule has 0 heterocycles. The normalized spacial score (nSPS) is 16.9. The van der Waals surface area contributed by atoms with Crippen molar-refractivity contribution in [3.63, 3.8) is 0 Å². The Hall–Kier alpha value is -1.18. The van der Waals surface area contributed by atoms with E-state index in [0.29, 0.717) is 5.75 Å². The zero-order valence-electron chi connectivity index (χ0n) is 7.66. The van der Waals surface area contributed by atoms with Crippen LogP contribution in [-0.4, -0.2) is 5.11 Å².